The van der Waals surface area contributed by atoms with Gasteiger partial charge in [0.1, 0.15) is 0 Å². The van der Waals surface area contributed by atoms with Crippen molar-refractivity contribution in [2.24, 2.45) is 5.92 Å². The van der Waals surface area contributed by atoms with Crippen molar-refractivity contribution in [3.8, 4) is 0 Å². The molecule has 0 radical (unpaired) electrons. The van der Waals surface area contributed by atoms with E-state index < -0.39 is 0 Å². The van der Waals surface area contributed by atoms with Crippen LogP contribution < -0.4 is 10.6 Å². The highest BCUT2D eigenvalue weighted by Crippen LogP contribution is 2.28. The molecule has 0 unspecified atom stereocenters. The molecule has 0 bridgehead atoms. The van der Waals surface area contributed by atoms with E-state index in [-0.39, 0.29) is 5.91 Å². The van der Waals surface area contributed by atoms with E-state index in [2.05, 4.69) is 22.4 Å². The number of allylic oxidation sites excluding steroid dienone is 1. The maximum absolute atomic E-state index is 11.8. The number of hydrogen-bond donors (Lipinski definition) is 2. The summed E-state index contributed by atoms with van der Waals surface area (Å²) in [6, 6.07) is 0. The molecule has 1 aliphatic heterocycles. The summed E-state index contributed by atoms with van der Waals surface area (Å²) < 4.78 is 0. The molecule has 2 rings (SSSR count). The van der Waals surface area contributed by atoms with Gasteiger partial charge < -0.3 is 10.6 Å². The summed E-state index contributed by atoms with van der Waals surface area (Å²) in [5, 5.41) is 6.34. The van der Waals surface area contributed by atoms with Gasteiger partial charge in [0, 0.05) is 13.0 Å². The van der Waals surface area contributed by atoms with E-state index in [0.29, 0.717) is 6.42 Å². The minimum atomic E-state index is 0.124. The summed E-state index contributed by atoms with van der Waals surface area (Å²) in [6.07, 6.45) is 13.9. The summed E-state index contributed by atoms with van der Waals surface area (Å²) in [7, 11) is 0. The largest absolute Gasteiger partial charge is 0.323 e. The Morgan fingerprint density at radius 3 is 2.85 bits per heavy atom. The van der Waals surface area contributed by atoms with Crippen LogP contribution >= 0.6 is 0 Å². The van der Waals surface area contributed by atoms with Gasteiger partial charge in [0.25, 0.3) is 0 Å². The molecule has 0 aromatic heterocycles. The minimum Gasteiger partial charge on any atom is -0.323 e. The Balaban J connectivity index is 1.86. The van der Waals surface area contributed by atoms with Gasteiger partial charge in [0.2, 0.25) is 5.91 Å². The lowest BCUT2D eigenvalue weighted by molar-refractivity contribution is -0.120. The molecule has 0 aromatic carbocycles. The fourth-order valence-electron chi connectivity index (χ4n) is 3.08. The van der Waals surface area contributed by atoms with Crippen LogP contribution in [0.2, 0.25) is 0 Å². The third kappa shape index (κ3) is 5.94. The van der Waals surface area contributed by atoms with Crippen molar-refractivity contribution >= 4 is 5.91 Å². The average molecular weight is 276 g/mol. The highest BCUT2D eigenvalue weighted by atomic mass is 16.1. The molecular weight excluding hydrogens is 248 g/mol. The molecule has 3 nitrogen and oxygen atoms in total. The van der Waals surface area contributed by atoms with Crippen LogP contribution in [0.25, 0.3) is 0 Å². The zero-order valence-corrected chi connectivity index (χ0v) is 12.5. The predicted molar refractivity (Wildman–Crippen MR) is 82.3 cm³/mol. The van der Waals surface area contributed by atoms with E-state index >= 15 is 0 Å². The van der Waals surface area contributed by atoms with Gasteiger partial charge in [-0.15, -0.1) is 5.73 Å². The summed E-state index contributed by atoms with van der Waals surface area (Å²) >= 11 is 0. The molecule has 1 saturated carbocycles. The molecule has 2 N–H and O–H groups in total. The standard InChI is InChI=1S/C17H28N2O/c20-17-12-14-18-13-6-2-5-9-16(19-17)11-10-15-7-3-1-4-8-15/h5,15,18H,1-4,6-8,10-14H2,(H,19,20). The third-order valence-electron chi connectivity index (χ3n) is 4.32. The molecule has 1 fully saturated rings. The fraction of sp³-hybridized carbons (Fsp3) is 0.765. The summed E-state index contributed by atoms with van der Waals surface area (Å²) in [5.41, 5.74) is 4.32. The van der Waals surface area contributed by atoms with Crippen molar-refractivity contribution in [1.82, 2.24) is 10.6 Å². The molecule has 0 atom stereocenters. The van der Waals surface area contributed by atoms with Crippen LogP contribution in [-0.4, -0.2) is 19.0 Å². The molecule has 1 amide bonds. The number of carbonyl (C=O) groups excluding carboxylic acids is 1. The predicted octanol–water partition coefficient (Wildman–Crippen LogP) is 3.28. The highest BCUT2D eigenvalue weighted by molar-refractivity contribution is 5.77. The van der Waals surface area contributed by atoms with Crippen molar-refractivity contribution in [3.63, 3.8) is 0 Å². The van der Waals surface area contributed by atoms with Gasteiger partial charge in [-0.05, 0) is 44.2 Å². The van der Waals surface area contributed by atoms with E-state index in [1.165, 1.54) is 38.5 Å². The second-order valence-corrected chi connectivity index (χ2v) is 6.06. The van der Waals surface area contributed by atoms with Crippen molar-refractivity contribution < 1.29 is 4.79 Å². The third-order valence-corrected chi connectivity index (χ3v) is 4.32. The Morgan fingerprint density at radius 2 is 2.00 bits per heavy atom. The first kappa shape index (κ1) is 15.3. The lowest BCUT2D eigenvalue weighted by Gasteiger charge is -2.21. The summed E-state index contributed by atoms with van der Waals surface area (Å²) in [6.45, 7) is 1.77. The number of rotatable bonds is 3. The van der Waals surface area contributed by atoms with Gasteiger partial charge >= 0.3 is 0 Å². The van der Waals surface area contributed by atoms with Crippen molar-refractivity contribution in [1.29, 1.82) is 0 Å². The van der Waals surface area contributed by atoms with Crippen LogP contribution in [0.3, 0.4) is 0 Å². The SMILES string of the molecule is O=C1CCNCCCC=C=C(CCC2CCCCC2)N1. The summed E-state index contributed by atoms with van der Waals surface area (Å²) in [5.74, 6) is 0.980. The smallest absolute Gasteiger partial charge is 0.225 e. The van der Waals surface area contributed by atoms with Crippen LogP contribution in [-0.2, 0) is 4.79 Å². The van der Waals surface area contributed by atoms with Crippen molar-refractivity contribution in [2.75, 3.05) is 13.1 Å². The molecular formula is C17H28N2O. The first-order valence-electron chi connectivity index (χ1n) is 8.29. The van der Waals surface area contributed by atoms with Crippen LogP contribution in [0.15, 0.2) is 17.5 Å². The summed E-state index contributed by atoms with van der Waals surface area (Å²) in [4.78, 5) is 11.8. The first-order valence-corrected chi connectivity index (χ1v) is 8.29. The Labute approximate surface area is 122 Å². The Kier molecular flexibility index (Phi) is 6.90. The van der Waals surface area contributed by atoms with Crippen LogP contribution in [0.5, 0.6) is 0 Å². The molecule has 1 aliphatic carbocycles. The molecule has 0 spiro atoms. The van der Waals surface area contributed by atoms with Crippen LogP contribution in [0, 0.1) is 5.92 Å². The lowest BCUT2D eigenvalue weighted by atomic mass is 9.86. The van der Waals surface area contributed by atoms with Gasteiger partial charge in [0.05, 0.1) is 5.70 Å². The zero-order chi connectivity index (χ0) is 14.0. The zero-order valence-electron chi connectivity index (χ0n) is 12.5. The van der Waals surface area contributed by atoms with Crippen molar-refractivity contribution in [3.05, 3.63) is 17.5 Å². The van der Waals surface area contributed by atoms with Gasteiger partial charge in [-0.2, -0.15) is 0 Å². The monoisotopic (exact) mass is 276 g/mol. The molecule has 1 heterocycles. The second-order valence-electron chi connectivity index (χ2n) is 6.06. The van der Waals surface area contributed by atoms with E-state index in [1.807, 2.05) is 0 Å². The van der Waals surface area contributed by atoms with E-state index in [9.17, 15) is 4.79 Å². The van der Waals surface area contributed by atoms with Gasteiger partial charge in [0.15, 0.2) is 0 Å². The topological polar surface area (TPSA) is 41.1 Å². The van der Waals surface area contributed by atoms with Gasteiger partial charge in [-0.1, -0.05) is 32.1 Å². The van der Waals surface area contributed by atoms with Crippen molar-refractivity contribution in [2.45, 2.75) is 64.2 Å². The maximum atomic E-state index is 11.8. The molecule has 2 aliphatic rings. The molecule has 3 heteroatoms. The quantitative estimate of drug-likeness (QED) is 0.777. The van der Waals surface area contributed by atoms with Crippen LogP contribution in [0.4, 0.5) is 0 Å². The Bertz CT molecular complexity index is 363. The normalized spacial score (nSPS) is 22.8. The molecule has 20 heavy (non-hydrogen) atoms. The first-order chi connectivity index (χ1) is 9.84. The Hall–Kier alpha value is -1.05. The molecule has 112 valence electrons. The highest BCUT2D eigenvalue weighted by Gasteiger charge is 2.14. The van der Waals surface area contributed by atoms with E-state index in [4.69, 9.17) is 0 Å². The number of hydrogen-bond acceptors (Lipinski definition) is 2. The van der Waals surface area contributed by atoms with Crippen LogP contribution in [0.1, 0.15) is 64.2 Å². The Morgan fingerprint density at radius 1 is 1.15 bits per heavy atom. The average Bonchev–Trinajstić information content (AvgIpc) is 2.52. The molecule has 0 saturated heterocycles. The molecule has 0 aromatic rings. The van der Waals surface area contributed by atoms with Gasteiger partial charge in [-0.25, -0.2) is 0 Å². The fourth-order valence-corrected chi connectivity index (χ4v) is 3.08. The second kappa shape index (κ2) is 8.99. The number of nitrogens with one attached hydrogen (secondary N) is 2. The van der Waals surface area contributed by atoms with E-state index in [0.717, 1.165) is 44.0 Å². The minimum absolute atomic E-state index is 0.124. The number of carbonyl (C=O) groups is 1. The van der Waals surface area contributed by atoms with E-state index in [1.54, 1.807) is 0 Å². The maximum Gasteiger partial charge on any atom is 0.225 e. The number of amides is 1. The van der Waals surface area contributed by atoms with Gasteiger partial charge in [-0.3, -0.25) is 4.79 Å². The lowest BCUT2D eigenvalue weighted by Crippen LogP contribution is -2.27.